The summed E-state index contributed by atoms with van der Waals surface area (Å²) in [4.78, 5) is 0. The monoisotopic (exact) mass is 590 g/mol. The van der Waals surface area contributed by atoms with Crippen LogP contribution in [0.3, 0.4) is 0 Å². The zero-order valence-corrected chi connectivity index (χ0v) is 13.1. The first-order valence-corrected chi connectivity index (χ1v) is 3.10. The zero-order chi connectivity index (χ0) is 4.50. The van der Waals surface area contributed by atoms with Crippen LogP contribution in [0.5, 0.6) is 0 Å². The average molecular weight is 590 g/mol. The fourth-order valence-corrected chi connectivity index (χ4v) is 0. The van der Waals surface area contributed by atoms with E-state index in [0.29, 0.717) is 0 Å². The molecule has 0 aliphatic rings. The van der Waals surface area contributed by atoms with E-state index < -0.39 is 9.05 Å². The van der Waals surface area contributed by atoms with Gasteiger partial charge in [-0.1, -0.05) is 0 Å². The summed E-state index contributed by atoms with van der Waals surface area (Å²) in [5, 5.41) is 0. The molecule has 3 nitrogen and oxygen atoms in total. The molecule has 7 heteroatoms. The Kier molecular flexibility index (Phi) is 15.1. The summed E-state index contributed by atoms with van der Waals surface area (Å²) in [6.07, 6.45) is 0. The quantitative estimate of drug-likeness (QED) is 0.407. The molecule has 0 bridgehead atoms. The van der Waals surface area contributed by atoms with E-state index in [4.69, 9.17) is 13.3 Å². The maximum Gasteiger partial charge on any atom is 0.263 e. The van der Waals surface area contributed by atoms with Crippen molar-refractivity contribution in [2.24, 2.45) is 0 Å². The molecular formula is H2O3S2U2. The van der Waals surface area contributed by atoms with Gasteiger partial charge in [0, 0.05) is 73.4 Å². The van der Waals surface area contributed by atoms with Crippen molar-refractivity contribution in [3.05, 3.63) is 0 Å². The van der Waals surface area contributed by atoms with Crippen LogP contribution < -0.4 is 0 Å². The zero-order valence-electron chi connectivity index (χ0n) is 3.12. The van der Waals surface area contributed by atoms with Gasteiger partial charge in [-0.3, -0.25) is 9.11 Å². The molecule has 0 aromatic rings. The molecular weight excluding hydrogens is 588 g/mol. The molecule has 0 aliphatic carbocycles. The third-order valence-electron chi connectivity index (χ3n) is 0. The Morgan fingerprint density at radius 2 is 1.29 bits per heavy atom. The molecule has 0 spiro atoms. The van der Waals surface area contributed by atoms with Gasteiger partial charge in [0.25, 0.3) is 9.05 Å². The minimum absolute atomic E-state index is 0. The van der Waals surface area contributed by atoms with Crippen molar-refractivity contribution in [3.63, 3.8) is 0 Å². The molecule has 0 heterocycles. The molecule has 0 atom stereocenters. The number of hydrogen-bond donors (Lipinski definition) is 2. The van der Waals surface area contributed by atoms with Crippen molar-refractivity contribution in [3.8, 4) is 0 Å². The maximum absolute atomic E-state index is 9.11. The van der Waals surface area contributed by atoms with E-state index in [-0.39, 0.29) is 62.2 Å². The molecule has 0 amide bonds. The normalized spacial score (nSPS) is 8.29. The molecule has 0 radical (unpaired) electrons. The van der Waals surface area contributed by atoms with Gasteiger partial charge in [0.1, 0.15) is 0 Å². The van der Waals surface area contributed by atoms with E-state index in [2.05, 4.69) is 11.2 Å². The van der Waals surface area contributed by atoms with E-state index in [0.717, 1.165) is 0 Å². The minimum atomic E-state index is -3.83. The molecule has 0 saturated carbocycles. The summed E-state index contributed by atoms with van der Waals surface area (Å²) in [5.74, 6) is 0. The fraction of sp³-hybridized carbons (Fsp3) is 0. The smallest absolute Gasteiger partial charge is 0.263 e. The topological polar surface area (TPSA) is 57.5 Å². The van der Waals surface area contributed by atoms with Gasteiger partial charge in [-0.2, -0.15) is 4.21 Å². The summed E-state index contributed by atoms with van der Waals surface area (Å²) in [6.45, 7) is 0. The van der Waals surface area contributed by atoms with Gasteiger partial charge in [0.2, 0.25) is 0 Å². The maximum atomic E-state index is 9.11. The standard InChI is InChI=1S/H2O3S2.2U/c1-5(2,3)4;;/h(H2,1,2,3,4);;. The van der Waals surface area contributed by atoms with Gasteiger partial charge in [0.05, 0.1) is 0 Å². The van der Waals surface area contributed by atoms with Crippen LogP contribution in [0.2, 0.25) is 0 Å². The third-order valence-corrected chi connectivity index (χ3v) is 0. The Balaban J connectivity index is -0.0000000800. The van der Waals surface area contributed by atoms with Crippen molar-refractivity contribution in [2.75, 3.05) is 0 Å². The van der Waals surface area contributed by atoms with E-state index in [9.17, 15) is 0 Å². The first-order valence-electron chi connectivity index (χ1n) is 0.698. The summed E-state index contributed by atoms with van der Waals surface area (Å²) >= 11 is 3.47. The molecule has 0 aromatic heterocycles. The van der Waals surface area contributed by atoms with Crippen molar-refractivity contribution in [2.45, 2.75) is 0 Å². The first kappa shape index (κ1) is 16.2. The molecule has 0 unspecified atom stereocenters. The molecule has 2 N–H and O–H groups in total. The molecule has 0 aliphatic heterocycles. The summed E-state index contributed by atoms with van der Waals surface area (Å²) in [7, 11) is -3.83. The second-order valence-corrected chi connectivity index (χ2v) is 2.65. The predicted octanol–water partition coefficient (Wildman–Crippen LogP) is -0.321. The van der Waals surface area contributed by atoms with Gasteiger partial charge in [-0.15, -0.1) is 0 Å². The SMILES string of the molecule is O=S(O)(O)=S.[U].[U]. The first-order chi connectivity index (χ1) is 2.00. The number of rotatable bonds is 0. The Bertz CT molecular complexity index is 94.1. The molecule has 7 heavy (non-hydrogen) atoms. The average Bonchev–Trinajstić information content (AvgIpc) is 0.722. The molecule has 0 rings (SSSR count). The second-order valence-electron chi connectivity index (χ2n) is 0.448. The van der Waals surface area contributed by atoms with Crippen LogP contribution in [-0.4, -0.2) is 13.3 Å². The van der Waals surface area contributed by atoms with Crippen LogP contribution in [0.25, 0.3) is 0 Å². The van der Waals surface area contributed by atoms with Crippen LogP contribution in [0.15, 0.2) is 0 Å². The van der Waals surface area contributed by atoms with Gasteiger partial charge in [0.15, 0.2) is 0 Å². The third kappa shape index (κ3) is 59.9. The summed E-state index contributed by atoms with van der Waals surface area (Å²) in [6, 6.07) is 0. The largest absolute Gasteiger partial charge is 0.285 e. The van der Waals surface area contributed by atoms with E-state index in [1.165, 1.54) is 0 Å². The van der Waals surface area contributed by atoms with Crippen LogP contribution >= 0.6 is 0 Å². The van der Waals surface area contributed by atoms with Crippen LogP contribution in [0.1, 0.15) is 0 Å². The number of hydrogen-bond acceptors (Lipinski definition) is 2. The van der Waals surface area contributed by atoms with E-state index in [1.807, 2.05) is 0 Å². The van der Waals surface area contributed by atoms with E-state index in [1.54, 1.807) is 0 Å². The molecule has 0 aromatic carbocycles. The Hall–Kier alpha value is 2.39. The van der Waals surface area contributed by atoms with Crippen molar-refractivity contribution >= 4 is 20.2 Å². The van der Waals surface area contributed by atoms with Gasteiger partial charge < -0.3 is 0 Å². The summed E-state index contributed by atoms with van der Waals surface area (Å²) < 4.78 is 24.0. The fourth-order valence-electron chi connectivity index (χ4n) is 0. The van der Waals surface area contributed by atoms with Crippen LogP contribution in [0.4, 0.5) is 0 Å². The molecule has 0 fully saturated rings. The van der Waals surface area contributed by atoms with Crippen LogP contribution in [-0.2, 0) is 20.2 Å². The Labute approximate surface area is 94.1 Å². The van der Waals surface area contributed by atoms with Crippen LogP contribution in [0, 0.1) is 62.2 Å². The van der Waals surface area contributed by atoms with Crippen molar-refractivity contribution in [1.82, 2.24) is 0 Å². The summed E-state index contributed by atoms with van der Waals surface area (Å²) in [5.41, 5.74) is 0. The van der Waals surface area contributed by atoms with Gasteiger partial charge >= 0.3 is 0 Å². The minimum Gasteiger partial charge on any atom is -0.285 e. The Morgan fingerprint density at radius 3 is 1.29 bits per heavy atom. The van der Waals surface area contributed by atoms with Gasteiger partial charge in [-0.05, 0) is 0 Å². The predicted molar refractivity (Wildman–Crippen MR) is 20.8 cm³/mol. The second kappa shape index (κ2) is 6.51. The molecule has 40 valence electrons. The van der Waals surface area contributed by atoms with Crippen molar-refractivity contribution < 1.29 is 75.5 Å². The van der Waals surface area contributed by atoms with Crippen molar-refractivity contribution in [1.29, 1.82) is 0 Å². The van der Waals surface area contributed by atoms with Gasteiger partial charge in [-0.25, -0.2) is 0 Å². The Morgan fingerprint density at radius 1 is 1.29 bits per heavy atom. The molecule has 0 saturated heterocycles. The van der Waals surface area contributed by atoms with E-state index >= 15 is 0 Å².